The Kier molecular flexibility index (Phi) is 8.20. The number of carbonyl (C=O) groups excluding carboxylic acids is 3. The highest BCUT2D eigenvalue weighted by atomic mass is 16.6. The van der Waals surface area contributed by atoms with E-state index >= 15 is 0 Å². The van der Waals surface area contributed by atoms with Gasteiger partial charge in [0.25, 0.3) is 5.91 Å². The van der Waals surface area contributed by atoms with Crippen LogP contribution in [0.3, 0.4) is 0 Å². The minimum Gasteiger partial charge on any atom is -0.444 e. The van der Waals surface area contributed by atoms with Gasteiger partial charge in [0.15, 0.2) is 0 Å². The number of benzene rings is 2. The highest BCUT2D eigenvalue weighted by molar-refractivity contribution is 5.99. The summed E-state index contributed by atoms with van der Waals surface area (Å²) in [4.78, 5) is 41.2. The molecule has 0 spiro atoms. The molecule has 0 aliphatic heterocycles. The lowest BCUT2D eigenvalue weighted by molar-refractivity contribution is -0.143. The predicted octanol–water partition coefficient (Wildman–Crippen LogP) is 5.20. The van der Waals surface area contributed by atoms with Crippen molar-refractivity contribution in [3.8, 4) is 0 Å². The molecule has 1 atom stereocenters. The number of amides is 3. The highest BCUT2D eigenvalue weighted by Gasteiger charge is 2.39. The molecule has 1 aliphatic rings. The van der Waals surface area contributed by atoms with Gasteiger partial charge in [0.2, 0.25) is 5.91 Å². The van der Waals surface area contributed by atoms with E-state index in [4.69, 9.17) is 4.74 Å². The number of alkyl carbamates (subject to hydrolysis) is 1. The number of nitrogens with one attached hydrogen (secondary N) is 2. The summed E-state index contributed by atoms with van der Waals surface area (Å²) in [5, 5.41) is 5.61. The summed E-state index contributed by atoms with van der Waals surface area (Å²) >= 11 is 0. The molecule has 35 heavy (non-hydrogen) atoms. The van der Waals surface area contributed by atoms with Crippen LogP contribution in [-0.2, 0) is 14.3 Å². The van der Waals surface area contributed by atoms with Crippen LogP contribution in [0.1, 0.15) is 68.3 Å². The normalized spacial score (nSPS) is 14.5. The molecule has 0 aromatic heterocycles. The predicted molar refractivity (Wildman–Crippen MR) is 137 cm³/mol. The molecular weight excluding hydrogens is 442 g/mol. The number of nitrogens with zero attached hydrogens (tertiary/aromatic N) is 1. The summed E-state index contributed by atoms with van der Waals surface area (Å²) < 4.78 is 5.29. The Hall–Kier alpha value is -3.35. The van der Waals surface area contributed by atoms with Crippen molar-refractivity contribution in [3.05, 3.63) is 64.7 Å². The van der Waals surface area contributed by atoms with Crippen LogP contribution in [0.4, 0.5) is 10.5 Å². The molecule has 1 aliphatic carbocycles. The number of hydrogen-bond acceptors (Lipinski definition) is 4. The SMILES string of the molecule is Cc1ccc(C(C(=O)Nc2ccccc2C)N(C(=O)CNC(=O)OC(C)(C)C)C2CCC2)c(C)c1. The fourth-order valence-electron chi connectivity index (χ4n) is 4.24. The Labute approximate surface area is 208 Å². The fraction of sp³-hybridized carbons (Fsp3) is 0.464. The summed E-state index contributed by atoms with van der Waals surface area (Å²) in [7, 11) is 0. The van der Waals surface area contributed by atoms with Crippen LogP contribution in [0, 0.1) is 20.8 Å². The second kappa shape index (κ2) is 10.9. The zero-order chi connectivity index (χ0) is 25.8. The average molecular weight is 480 g/mol. The Balaban J connectivity index is 1.94. The molecule has 0 bridgehead atoms. The van der Waals surface area contributed by atoms with Crippen LogP contribution in [0.15, 0.2) is 42.5 Å². The van der Waals surface area contributed by atoms with E-state index in [0.29, 0.717) is 5.69 Å². The van der Waals surface area contributed by atoms with E-state index in [1.165, 1.54) is 0 Å². The minimum atomic E-state index is -0.826. The monoisotopic (exact) mass is 479 g/mol. The first kappa shape index (κ1) is 26.3. The first-order valence-electron chi connectivity index (χ1n) is 12.2. The van der Waals surface area contributed by atoms with Crippen molar-refractivity contribution in [1.82, 2.24) is 10.2 Å². The van der Waals surface area contributed by atoms with Gasteiger partial charge in [-0.15, -0.1) is 0 Å². The number of carbonyl (C=O) groups is 3. The molecule has 3 rings (SSSR count). The molecule has 7 heteroatoms. The highest BCUT2D eigenvalue weighted by Crippen LogP contribution is 2.35. The molecule has 3 amide bonds. The van der Waals surface area contributed by atoms with E-state index in [1.54, 1.807) is 25.7 Å². The molecule has 7 nitrogen and oxygen atoms in total. The fourth-order valence-corrected chi connectivity index (χ4v) is 4.24. The first-order chi connectivity index (χ1) is 16.5. The molecule has 2 aromatic rings. The van der Waals surface area contributed by atoms with Crippen LogP contribution in [-0.4, -0.2) is 41.0 Å². The van der Waals surface area contributed by atoms with Gasteiger partial charge in [-0.2, -0.15) is 0 Å². The average Bonchev–Trinajstić information content (AvgIpc) is 2.72. The Morgan fingerprint density at radius 2 is 1.71 bits per heavy atom. The standard InChI is InChI=1S/C28H37N3O4/c1-18-14-15-22(20(3)16-18)25(26(33)30-23-13-8-7-10-19(23)2)31(21-11-9-12-21)24(32)17-29-27(34)35-28(4,5)6/h7-8,10,13-16,21,25H,9,11-12,17H2,1-6H3,(H,29,34)(H,30,33). The summed E-state index contributed by atoms with van der Waals surface area (Å²) in [6.45, 7) is 10.9. The molecule has 1 saturated carbocycles. The van der Waals surface area contributed by atoms with Crippen LogP contribution in [0.25, 0.3) is 0 Å². The Bertz CT molecular complexity index is 1090. The van der Waals surface area contributed by atoms with E-state index in [1.807, 2.05) is 63.2 Å². The molecule has 0 radical (unpaired) electrons. The van der Waals surface area contributed by atoms with E-state index < -0.39 is 17.7 Å². The van der Waals surface area contributed by atoms with Gasteiger partial charge in [0, 0.05) is 11.7 Å². The lowest BCUT2D eigenvalue weighted by Gasteiger charge is -2.42. The van der Waals surface area contributed by atoms with Gasteiger partial charge in [0.1, 0.15) is 18.2 Å². The maximum atomic E-state index is 13.8. The van der Waals surface area contributed by atoms with E-state index in [-0.39, 0.29) is 24.4 Å². The molecule has 188 valence electrons. The number of rotatable bonds is 7. The van der Waals surface area contributed by atoms with Gasteiger partial charge in [-0.05, 0) is 83.6 Å². The molecule has 0 saturated heterocycles. The van der Waals surface area contributed by atoms with Crippen molar-refractivity contribution in [3.63, 3.8) is 0 Å². The third-order valence-electron chi connectivity index (χ3n) is 6.19. The van der Waals surface area contributed by atoms with Crippen molar-refractivity contribution in [2.45, 2.75) is 78.5 Å². The van der Waals surface area contributed by atoms with Gasteiger partial charge in [-0.3, -0.25) is 9.59 Å². The second-order valence-electron chi connectivity index (χ2n) is 10.3. The summed E-state index contributed by atoms with van der Waals surface area (Å²) in [6, 6.07) is 12.6. The molecule has 0 heterocycles. The van der Waals surface area contributed by atoms with E-state index in [2.05, 4.69) is 10.6 Å². The van der Waals surface area contributed by atoms with Gasteiger partial charge in [0.05, 0.1) is 0 Å². The summed E-state index contributed by atoms with van der Waals surface area (Å²) in [5.74, 6) is -0.589. The van der Waals surface area contributed by atoms with Crippen molar-refractivity contribution in [2.75, 3.05) is 11.9 Å². The number of hydrogen-bond donors (Lipinski definition) is 2. The lowest BCUT2D eigenvalue weighted by atomic mass is 9.87. The molecule has 2 aromatic carbocycles. The van der Waals surface area contributed by atoms with Gasteiger partial charge < -0.3 is 20.3 Å². The molecule has 1 unspecified atom stereocenters. The first-order valence-corrected chi connectivity index (χ1v) is 12.2. The van der Waals surface area contributed by atoms with Crippen LogP contribution >= 0.6 is 0 Å². The number of aryl methyl sites for hydroxylation is 3. The molecule has 1 fully saturated rings. The smallest absolute Gasteiger partial charge is 0.408 e. The zero-order valence-electron chi connectivity index (χ0n) is 21.6. The van der Waals surface area contributed by atoms with Crippen LogP contribution in [0.5, 0.6) is 0 Å². The maximum absolute atomic E-state index is 13.8. The van der Waals surface area contributed by atoms with Crippen LogP contribution in [0.2, 0.25) is 0 Å². The quantitative estimate of drug-likeness (QED) is 0.572. The maximum Gasteiger partial charge on any atom is 0.408 e. The van der Waals surface area contributed by atoms with Crippen molar-refractivity contribution >= 4 is 23.6 Å². The lowest BCUT2D eigenvalue weighted by Crippen LogP contribution is -2.53. The zero-order valence-corrected chi connectivity index (χ0v) is 21.6. The summed E-state index contributed by atoms with van der Waals surface area (Å²) in [6.07, 6.45) is 1.97. The molecular formula is C28H37N3O4. The Morgan fingerprint density at radius 3 is 2.29 bits per heavy atom. The number of ether oxygens (including phenoxy) is 1. The van der Waals surface area contributed by atoms with Crippen molar-refractivity contribution < 1.29 is 19.1 Å². The van der Waals surface area contributed by atoms with E-state index in [0.717, 1.165) is 41.5 Å². The Morgan fingerprint density at radius 1 is 1.03 bits per heavy atom. The minimum absolute atomic E-state index is 0.0729. The van der Waals surface area contributed by atoms with Crippen LogP contribution < -0.4 is 10.6 Å². The third kappa shape index (κ3) is 6.84. The van der Waals surface area contributed by atoms with Gasteiger partial charge in [-0.1, -0.05) is 42.0 Å². The second-order valence-corrected chi connectivity index (χ2v) is 10.3. The van der Waals surface area contributed by atoms with Crippen molar-refractivity contribution in [2.24, 2.45) is 0 Å². The largest absolute Gasteiger partial charge is 0.444 e. The number of para-hydroxylation sites is 1. The number of anilines is 1. The molecule has 2 N–H and O–H groups in total. The van der Waals surface area contributed by atoms with Gasteiger partial charge in [-0.25, -0.2) is 4.79 Å². The van der Waals surface area contributed by atoms with E-state index in [9.17, 15) is 14.4 Å². The third-order valence-corrected chi connectivity index (χ3v) is 6.19. The topological polar surface area (TPSA) is 87.7 Å². The van der Waals surface area contributed by atoms with Crippen molar-refractivity contribution in [1.29, 1.82) is 0 Å². The summed E-state index contributed by atoms with van der Waals surface area (Å²) in [5.41, 5.74) is 3.77. The van der Waals surface area contributed by atoms with Gasteiger partial charge >= 0.3 is 6.09 Å².